The second-order valence-corrected chi connectivity index (χ2v) is 5.28. The Hall–Kier alpha value is -2.11. The van der Waals surface area contributed by atoms with E-state index >= 15 is 0 Å². The molecular formula is C14H19N3O3. The number of nitrogens with zero attached hydrogens (tertiary/aromatic N) is 3. The summed E-state index contributed by atoms with van der Waals surface area (Å²) in [4.78, 5) is 31.3. The van der Waals surface area contributed by atoms with Gasteiger partial charge >= 0.3 is 0 Å². The average Bonchev–Trinajstić information content (AvgIpc) is 3.21. The number of carbonyl (C=O) groups excluding carboxylic acids is 2. The Kier molecular flexibility index (Phi) is 3.92. The minimum Gasteiger partial charge on any atom is -0.489 e. The van der Waals surface area contributed by atoms with Crippen LogP contribution in [0.5, 0.6) is 5.75 Å². The lowest BCUT2D eigenvalue weighted by Gasteiger charge is -2.18. The molecule has 0 aromatic carbocycles. The lowest BCUT2D eigenvalue weighted by atomic mass is 10.1. The van der Waals surface area contributed by atoms with Gasteiger partial charge in [0.05, 0.1) is 6.10 Å². The van der Waals surface area contributed by atoms with Crippen molar-refractivity contribution in [3.8, 4) is 5.75 Å². The van der Waals surface area contributed by atoms with Gasteiger partial charge in [-0.05, 0) is 12.8 Å². The number of rotatable bonds is 4. The summed E-state index contributed by atoms with van der Waals surface area (Å²) in [7, 11) is 6.63. The lowest BCUT2D eigenvalue weighted by Crippen LogP contribution is -2.26. The van der Waals surface area contributed by atoms with Crippen molar-refractivity contribution in [1.29, 1.82) is 0 Å². The van der Waals surface area contributed by atoms with E-state index in [4.69, 9.17) is 4.74 Å². The number of hydrogen-bond donors (Lipinski definition) is 0. The molecule has 20 heavy (non-hydrogen) atoms. The Morgan fingerprint density at radius 2 is 1.50 bits per heavy atom. The first-order chi connectivity index (χ1) is 9.41. The Bertz CT molecular complexity index is 498. The number of ether oxygens (including phenoxy) is 1. The minimum atomic E-state index is -0.221. The molecule has 1 aromatic heterocycles. The molecule has 0 N–H and O–H groups in total. The molecule has 2 amide bonds. The van der Waals surface area contributed by atoms with Crippen LogP contribution < -0.4 is 4.74 Å². The molecule has 108 valence electrons. The molecule has 0 radical (unpaired) electrons. The van der Waals surface area contributed by atoms with E-state index < -0.39 is 0 Å². The van der Waals surface area contributed by atoms with Gasteiger partial charge in [-0.2, -0.15) is 0 Å². The van der Waals surface area contributed by atoms with Crippen LogP contribution in [0.4, 0.5) is 0 Å². The van der Waals surface area contributed by atoms with E-state index in [1.165, 1.54) is 22.2 Å². The summed E-state index contributed by atoms with van der Waals surface area (Å²) in [5, 5.41) is 0. The quantitative estimate of drug-likeness (QED) is 0.824. The molecule has 0 bridgehead atoms. The third kappa shape index (κ3) is 2.89. The molecule has 0 unspecified atom stereocenters. The van der Waals surface area contributed by atoms with Gasteiger partial charge in [0.15, 0.2) is 0 Å². The van der Waals surface area contributed by atoms with Crippen molar-refractivity contribution in [2.75, 3.05) is 28.2 Å². The summed E-state index contributed by atoms with van der Waals surface area (Å²) in [6.07, 6.45) is 4.90. The highest BCUT2D eigenvalue weighted by Crippen LogP contribution is 2.32. The zero-order valence-corrected chi connectivity index (χ0v) is 12.2. The number of carbonyl (C=O) groups is 2. The van der Waals surface area contributed by atoms with Crippen LogP contribution in [-0.2, 0) is 0 Å². The number of hydrogen-bond acceptors (Lipinski definition) is 4. The van der Waals surface area contributed by atoms with Crippen molar-refractivity contribution < 1.29 is 14.3 Å². The van der Waals surface area contributed by atoms with Crippen LogP contribution in [0.25, 0.3) is 0 Å². The lowest BCUT2D eigenvalue weighted by molar-refractivity contribution is 0.0815. The molecule has 1 aromatic rings. The first-order valence-electron chi connectivity index (χ1n) is 6.49. The molecule has 0 saturated heterocycles. The van der Waals surface area contributed by atoms with Crippen molar-refractivity contribution in [2.24, 2.45) is 0 Å². The summed E-state index contributed by atoms with van der Waals surface area (Å²) < 4.78 is 5.80. The molecule has 0 aliphatic heterocycles. The first kappa shape index (κ1) is 14.3. The van der Waals surface area contributed by atoms with Crippen LogP contribution in [0.2, 0.25) is 0 Å². The highest BCUT2D eigenvalue weighted by atomic mass is 16.5. The van der Waals surface area contributed by atoms with Crippen LogP contribution in [0.15, 0.2) is 12.4 Å². The van der Waals surface area contributed by atoms with Crippen molar-refractivity contribution in [3.63, 3.8) is 0 Å². The predicted octanol–water partition coefficient (Wildman–Crippen LogP) is 1.03. The van der Waals surface area contributed by atoms with E-state index in [1.807, 2.05) is 0 Å². The Morgan fingerprint density at radius 1 is 1.05 bits per heavy atom. The highest BCUT2D eigenvalue weighted by Gasteiger charge is 2.30. The number of aromatic nitrogens is 1. The van der Waals surface area contributed by atoms with Gasteiger partial charge in [0.2, 0.25) is 0 Å². The standard InChI is InChI=1S/C14H19N3O3/c1-16(2)13(18)10-7-15-8-11(14(19)17(3)4)12(10)20-9-5-6-9/h7-9H,5-6H2,1-4H3. The predicted molar refractivity (Wildman–Crippen MR) is 73.9 cm³/mol. The number of pyridine rings is 1. The third-order valence-corrected chi connectivity index (χ3v) is 2.98. The summed E-state index contributed by atoms with van der Waals surface area (Å²) in [5.74, 6) is -0.0944. The maximum atomic E-state index is 12.2. The fourth-order valence-corrected chi connectivity index (χ4v) is 1.71. The molecule has 1 heterocycles. The van der Waals surface area contributed by atoms with Crippen molar-refractivity contribution >= 4 is 11.8 Å². The fraction of sp³-hybridized carbons (Fsp3) is 0.500. The van der Waals surface area contributed by atoms with Gasteiger partial charge in [0.1, 0.15) is 16.9 Å². The summed E-state index contributed by atoms with van der Waals surface area (Å²) >= 11 is 0. The second-order valence-electron chi connectivity index (χ2n) is 5.28. The average molecular weight is 277 g/mol. The fourth-order valence-electron chi connectivity index (χ4n) is 1.71. The summed E-state index contributed by atoms with van der Waals surface area (Å²) in [6.45, 7) is 0. The van der Waals surface area contributed by atoms with Gasteiger partial charge in [0.25, 0.3) is 11.8 Å². The topological polar surface area (TPSA) is 62.7 Å². The molecule has 0 spiro atoms. The van der Waals surface area contributed by atoms with Crippen LogP contribution in [0.1, 0.15) is 33.6 Å². The smallest absolute Gasteiger partial charge is 0.258 e. The van der Waals surface area contributed by atoms with Crippen molar-refractivity contribution in [3.05, 3.63) is 23.5 Å². The van der Waals surface area contributed by atoms with E-state index in [2.05, 4.69) is 4.98 Å². The largest absolute Gasteiger partial charge is 0.489 e. The van der Waals surface area contributed by atoms with E-state index in [-0.39, 0.29) is 17.9 Å². The van der Waals surface area contributed by atoms with Crippen LogP contribution in [0, 0.1) is 0 Å². The summed E-state index contributed by atoms with van der Waals surface area (Å²) in [5.41, 5.74) is 0.657. The van der Waals surface area contributed by atoms with E-state index in [0.717, 1.165) is 12.8 Å². The second kappa shape index (κ2) is 5.48. The van der Waals surface area contributed by atoms with Crippen molar-refractivity contribution in [2.45, 2.75) is 18.9 Å². The normalized spacial score (nSPS) is 13.8. The minimum absolute atomic E-state index is 0.0971. The molecule has 6 nitrogen and oxygen atoms in total. The zero-order valence-electron chi connectivity index (χ0n) is 12.2. The van der Waals surface area contributed by atoms with Crippen LogP contribution in [-0.4, -0.2) is 60.9 Å². The third-order valence-electron chi connectivity index (χ3n) is 2.98. The van der Waals surface area contributed by atoms with Crippen LogP contribution >= 0.6 is 0 Å². The first-order valence-corrected chi connectivity index (χ1v) is 6.49. The van der Waals surface area contributed by atoms with Gasteiger partial charge in [-0.15, -0.1) is 0 Å². The maximum absolute atomic E-state index is 12.2. The molecule has 1 saturated carbocycles. The summed E-state index contributed by atoms with van der Waals surface area (Å²) in [6, 6.07) is 0. The van der Waals surface area contributed by atoms with Gasteiger partial charge in [-0.3, -0.25) is 14.6 Å². The van der Waals surface area contributed by atoms with Gasteiger partial charge in [-0.25, -0.2) is 0 Å². The van der Waals surface area contributed by atoms with Gasteiger partial charge < -0.3 is 14.5 Å². The molecule has 0 atom stereocenters. The highest BCUT2D eigenvalue weighted by molar-refractivity contribution is 6.03. The van der Waals surface area contributed by atoms with Gasteiger partial charge in [-0.1, -0.05) is 0 Å². The Morgan fingerprint density at radius 3 is 1.85 bits per heavy atom. The molecule has 1 aliphatic carbocycles. The molecule has 1 fully saturated rings. The Labute approximate surface area is 118 Å². The van der Waals surface area contributed by atoms with E-state index in [1.54, 1.807) is 28.2 Å². The zero-order chi connectivity index (χ0) is 14.9. The van der Waals surface area contributed by atoms with E-state index in [9.17, 15) is 9.59 Å². The van der Waals surface area contributed by atoms with Crippen LogP contribution in [0.3, 0.4) is 0 Å². The van der Waals surface area contributed by atoms with Gasteiger partial charge in [0, 0.05) is 40.6 Å². The maximum Gasteiger partial charge on any atom is 0.258 e. The van der Waals surface area contributed by atoms with Crippen molar-refractivity contribution in [1.82, 2.24) is 14.8 Å². The molecular weight excluding hydrogens is 258 g/mol. The SMILES string of the molecule is CN(C)C(=O)c1cncc(C(=O)N(C)C)c1OC1CC1. The van der Waals surface area contributed by atoms with E-state index in [0.29, 0.717) is 16.9 Å². The molecule has 1 aliphatic rings. The monoisotopic (exact) mass is 277 g/mol. The Balaban J connectivity index is 2.47. The number of amides is 2. The molecule has 6 heteroatoms. The molecule has 2 rings (SSSR count).